The standard InChI is InChI=1S/C20H27NO2/c22-20(23-16-15-21-13-7-8-14-21)19(17-9-3-1-4-10-17)18-11-5-2-6-12-18/h1,3-5,9-11,18-19H,2,6-8,12-16H2/t18-,19-/m0/s1. The van der Waals surface area contributed by atoms with Gasteiger partial charge in [0, 0.05) is 6.54 Å². The Morgan fingerprint density at radius 2 is 1.96 bits per heavy atom. The van der Waals surface area contributed by atoms with Crippen LogP contribution in [-0.2, 0) is 9.53 Å². The fourth-order valence-electron chi connectivity index (χ4n) is 3.71. The van der Waals surface area contributed by atoms with Gasteiger partial charge in [-0.1, -0.05) is 42.5 Å². The highest BCUT2D eigenvalue weighted by molar-refractivity contribution is 5.79. The molecular formula is C20H27NO2. The van der Waals surface area contributed by atoms with Gasteiger partial charge in [-0.15, -0.1) is 0 Å². The van der Waals surface area contributed by atoms with Crippen molar-refractivity contribution in [1.82, 2.24) is 4.90 Å². The van der Waals surface area contributed by atoms with E-state index in [1.54, 1.807) is 0 Å². The molecule has 3 nitrogen and oxygen atoms in total. The van der Waals surface area contributed by atoms with Crippen LogP contribution in [0, 0.1) is 5.92 Å². The monoisotopic (exact) mass is 313 g/mol. The van der Waals surface area contributed by atoms with Crippen molar-refractivity contribution in [3.05, 3.63) is 48.0 Å². The zero-order valence-corrected chi connectivity index (χ0v) is 13.8. The number of benzene rings is 1. The third kappa shape index (κ3) is 4.44. The van der Waals surface area contributed by atoms with Crippen molar-refractivity contribution in [2.75, 3.05) is 26.2 Å². The van der Waals surface area contributed by atoms with Crippen LogP contribution in [-0.4, -0.2) is 37.1 Å². The lowest BCUT2D eigenvalue weighted by molar-refractivity contribution is -0.147. The number of carbonyl (C=O) groups is 1. The number of hydrogen-bond acceptors (Lipinski definition) is 3. The third-order valence-corrected chi connectivity index (χ3v) is 4.98. The molecule has 0 spiro atoms. The zero-order valence-electron chi connectivity index (χ0n) is 13.8. The van der Waals surface area contributed by atoms with Gasteiger partial charge in [0.05, 0.1) is 5.92 Å². The maximum absolute atomic E-state index is 12.7. The number of hydrogen-bond donors (Lipinski definition) is 0. The Kier molecular flexibility index (Phi) is 5.87. The highest BCUT2D eigenvalue weighted by atomic mass is 16.5. The minimum atomic E-state index is -0.161. The Hall–Kier alpha value is -1.61. The highest BCUT2D eigenvalue weighted by Crippen LogP contribution is 2.33. The van der Waals surface area contributed by atoms with Crippen molar-refractivity contribution in [3.63, 3.8) is 0 Å². The fraction of sp³-hybridized carbons (Fsp3) is 0.550. The van der Waals surface area contributed by atoms with Crippen LogP contribution >= 0.6 is 0 Å². The van der Waals surface area contributed by atoms with E-state index in [1.807, 2.05) is 18.2 Å². The van der Waals surface area contributed by atoms with Crippen LogP contribution in [0.5, 0.6) is 0 Å². The summed E-state index contributed by atoms with van der Waals surface area (Å²) in [7, 11) is 0. The molecule has 0 aromatic heterocycles. The second-order valence-corrected chi connectivity index (χ2v) is 6.63. The summed E-state index contributed by atoms with van der Waals surface area (Å²) in [5.41, 5.74) is 1.08. The molecule has 0 unspecified atom stereocenters. The maximum atomic E-state index is 12.7. The smallest absolute Gasteiger partial charge is 0.314 e. The zero-order chi connectivity index (χ0) is 15.9. The molecule has 124 valence electrons. The summed E-state index contributed by atoms with van der Waals surface area (Å²) < 4.78 is 5.66. The predicted octanol–water partition coefficient (Wildman–Crippen LogP) is 3.77. The van der Waals surface area contributed by atoms with E-state index < -0.39 is 0 Å². The van der Waals surface area contributed by atoms with Crippen molar-refractivity contribution in [2.45, 2.75) is 38.0 Å². The second-order valence-electron chi connectivity index (χ2n) is 6.63. The van der Waals surface area contributed by atoms with Gasteiger partial charge in [-0.25, -0.2) is 0 Å². The van der Waals surface area contributed by atoms with Crippen molar-refractivity contribution in [3.8, 4) is 0 Å². The maximum Gasteiger partial charge on any atom is 0.314 e. The van der Waals surface area contributed by atoms with Crippen LogP contribution in [0.3, 0.4) is 0 Å². The average Bonchev–Trinajstić information content (AvgIpc) is 3.10. The molecule has 1 aromatic rings. The van der Waals surface area contributed by atoms with E-state index in [4.69, 9.17) is 4.74 Å². The molecular weight excluding hydrogens is 286 g/mol. The van der Waals surface area contributed by atoms with E-state index >= 15 is 0 Å². The first-order valence-corrected chi connectivity index (χ1v) is 8.95. The van der Waals surface area contributed by atoms with Gasteiger partial charge in [0.15, 0.2) is 0 Å². The fourth-order valence-corrected chi connectivity index (χ4v) is 3.71. The first-order valence-electron chi connectivity index (χ1n) is 8.95. The molecule has 3 rings (SSSR count). The molecule has 0 amide bonds. The third-order valence-electron chi connectivity index (χ3n) is 4.98. The summed E-state index contributed by atoms with van der Waals surface area (Å²) in [5, 5.41) is 0. The van der Waals surface area contributed by atoms with Crippen molar-refractivity contribution < 1.29 is 9.53 Å². The molecule has 1 aliphatic carbocycles. The highest BCUT2D eigenvalue weighted by Gasteiger charge is 2.30. The van der Waals surface area contributed by atoms with Gasteiger partial charge in [-0.05, 0) is 56.7 Å². The summed E-state index contributed by atoms with van der Waals surface area (Å²) >= 11 is 0. The van der Waals surface area contributed by atoms with E-state index in [1.165, 1.54) is 12.8 Å². The van der Waals surface area contributed by atoms with Crippen LogP contribution < -0.4 is 0 Å². The van der Waals surface area contributed by atoms with Gasteiger partial charge < -0.3 is 4.74 Å². The first-order chi connectivity index (χ1) is 11.3. The Labute approximate surface area is 139 Å². The first kappa shape index (κ1) is 16.3. The number of allylic oxidation sites excluding steroid dienone is 2. The van der Waals surface area contributed by atoms with E-state index in [0.717, 1.165) is 44.5 Å². The molecule has 1 heterocycles. The van der Waals surface area contributed by atoms with Crippen LogP contribution in [0.25, 0.3) is 0 Å². The van der Waals surface area contributed by atoms with Gasteiger partial charge in [-0.3, -0.25) is 9.69 Å². The lowest BCUT2D eigenvalue weighted by atomic mass is 9.80. The average molecular weight is 313 g/mol. The summed E-state index contributed by atoms with van der Waals surface area (Å²) in [6, 6.07) is 10.1. The van der Waals surface area contributed by atoms with Gasteiger partial charge in [0.1, 0.15) is 6.61 Å². The van der Waals surface area contributed by atoms with Gasteiger partial charge in [-0.2, -0.15) is 0 Å². The van der Waals surface area contributed by atoms with Crippen molar-refractivity contribution >= 4 is 5.97 Å². The molecule has 1 aromatic carbocycles. The van der Waals surface area contributed by atoms with Crippen LogP contribution in [0.4, 0.5) is 0 Å². The summed E-state index contributed by atoms with van der Waals surface area (Å²) in [6.45, 7) is 3.67. The quantitative estimate of drug-likeness (QED) is 0.591. The van der Waals surface area contributed by atoms with Crippen molar-refractivity contribution in [2.24, 2.45) is 5.92 Å². The summed E-state index contributed by atoms with van der Waals surface area (Å²) in [6.07, 6.45) is 10.3. The molecule has 2 aliphatic rings. The molecule has 1 saturated heterocycles. The Morgan fingerprint density at radius 1 is 1.17 bits per heavy atom. The summed E-state index contributed by atoms with van der Waals surface area (Å²) in [4.78, 5) is 15.1. The SMILES string of the molecule is O=C(OCCN1CCCC1)[C@@H](c1ccccc1)[C@H]1C=CCCC1. The van der Waals surface area contributed by atoms with Crippen LogP contribution in [0.2, 0.25) is 0 Å². The number of carbonyl (C=O) groups excluding carboxylic acids is 1. The van der Waals surface area contributed by atoms with Crippen LogP contribution in [0.15, 0.2) is 42.5 Å². The minimum Gasteiger partial charge on any atom is -0.464 e. The number of likely N-dealkylation sites (tertiary alicyclic amines) is 1. The Morgan fingerprint density at radius 3 is 2.65 bits per heavy atom. The Balaban J connectivity index is 1.63. The van der Waals surface area contributed by atoms with Crippen LogP contribution in [0.1, 0.15) is 43.6 Å². The van der Waals surface area contributed by atoms with Crippen molar-refractivity contribution in [1.29, 1.82) is 0 Å². The molecule has 0 bridgehead atoms. The molecule has 2 atom stereocenters. The van der Waals surface area contributed by atoms with E-state index in [2.05, 4.69) is 29.2 Å². The minimum absolute atomic E-state index is 0.0630. The summed E-state index contributed by atoms with van der Waals surface area (Å²) in [5.74, 6) is 0.0451. The molecule has 0 saturated carbocycles. The largest absolute Gasteiger partial charge is 0.464 e. The van der Waals surface area contributed by atoms with E-state index in [9.17, 15) is 4.79 Å². The topological polar surface area (TPSA) is 29.5 Å². The molecule has 0 radical (unpaired) electrons. The Bertz CT molecular complexity index is 520. The number of nitrogens with zero attached hydrogens (tertiary/aromatic N) is 1. The van der Waals surface area contributed by atoms with Gasteiger partial charge in [0.2, 0.25) is 0 Å². The molecule has 1 aliphatic heterocycles. The molecule has 1 fully saturated rings. The lowest BCUT2D eigenvalue weighted by Crippen LogP contribution is -2.29. The normalized spacial score (nSPS) is 22.9. The molecule has 0 N–H and O–H groups in total. The van der Waals surface area contributed by atoms with E-state index in [0.29, 0.717) is 6.61 Å². The number of ether oxygens (including phenoxy) is 1. The predicted molar refractivity (Wildman–Crippen MR) is 92.3 cm³/mol. The number of rotatable bonds is 6. The molecule has 23 heavy (non-hydrogen) atoms. The van der Waals surface area contributed by atoms with Gasteiger partial charge in [0.25, 0.3) is 0 Å². The van der Waals surface area contributed by atoms with Gasteiger partial charge >= 0.3 is 5.97 Å². The lowest BCUT2D eigenvalue weighted by Gasteiger charge is -2.26. The van der Waals surface area contributed by atoms with E-state index in [-0.39, 0.29) is 17.8 Å². The second kappa shape index (κ2) is 8.30. The number of esters is 1. The molecule has 3 heteroatoms.